The fourth-order valence-corrected chi connectivity index (χ4v) is 2.46. The molecule has 3 nitrogen and oxygen atoms in total. The Morgan fingerprint density at radius 1 is 1.16 bits per heavy atom. The second kappa shape index (κ2) is 6.53. The number of nitrogens with one attached hydrogen (secondary N) is 1. The number of hydrogen-bond donors (Lipinski definition) is 1. The topological polar surface area (TPSA) is 29.9 Å². The Hall–Kier alpha value is -1.61. The lowest BCUT2D eigenvalue weighted by atomic mass is 10.1. The van der Waals surface area contributed by atoms with E-state index in [4.69, 9.17) is 0 Å². The van der Waals surface area contributed by atoms with Gasteiger partial charge in [0, 0.05) is 24.3 Å². The Morgan fingerprint density at radius 2 is 1.89 bits per heavy atom. The maximum Gasteiger partial charge on any atom is 0.0641 e. The molecule has 0 unspecified atom stereocenters. The van der Waals surface area contributed by atoms with E-state index in [1.807, 2.05) is 7.05 Å². The van der Waals surface area contributed by atoms with Crippen molar-refractivity contribution in [2.75, 3.05) is 7.05 Å². The molecule has 0 fully saturated rings. The van der Waals surface area contributed by atoms with Crippen LogP contribution >= 0.6 is 0 Å². The third-order valence-corrected chi connectivity index (χ3v) is 3.56. The van der Waals surface area contributed by atoms with Gasteiger partial charge in [0.2, 0.25) is 0 Å². The van der Waals surface area contributed by atoms with Gasteiger partial charge in [-0.25, -0.2) is 0 Å². The largest absolute Gasteiger partial charge is 0.316 e. The van der Waals surface area contributed by atoms with Crippen LogP contribution in [-0.2, 0) is 19.5 Å². The fraction of sp³-hybridized carbons (Fsp3) is 0.438. The van der Waals surface area contributed by atoms with Gasteiger partial charge < -0.3 is 5.32 Å². The molecule has 1 aromatic carbocycles. The van der Waals surface area contributed by atoms with Crippen molar-refractivity contribution in [2.45, 2.75) is 39.8 Å². The van der Waals surface area contributed by atoms with Gasteiger partial charge in [0.25, 0.3) is 0 Å². The molecule has 0 saturated heterocycles. The highest BCUT2D eigenvalue weighted by atomic mass is 15.3. The van der Waals surface area contributed by atoms with Crippen LogP contribution in [0.4, 0.5) is 0 Å². The Kier molecular flexibility index (Phi) is 4.74. The summed E-state index contributed by atoms with van der Waals surface area (Å²) in [6, 6.07) is 10.6. The molecule has 0 aliphatic rings. The Morgan fingerprint density at radius 3 is 2.58 bits per heavy atom. The van der Waals surface area contributed by atoms with E-state index >= 15 is 0 Å². The Bertz CT molecular complexity index is 514. The minimum atomic E-state index is 0.899. The van der Waals surface area contributed by atoms with Crippen molar-refractivity contribution in [2.24, 2.45) is 0 Å². The van der Waals surface area contributed by atoms with Gasteiger partial charge in [0.15, 0.2) is 0 Å². The summed E-state index contributed by atoms with van der Waals surface area (Å²) in [6.45, 7) is 6.14. The molecule has 1 N–H and O–H groups in total. The molecule has 0 spiro atoms. The maximum absolute atomic E-state index is 4.64. The molecule has 1 heterocycles. The monoisotopic (exact) mass is 257 g/mol. The highest BCUT2D eigenvalue weighted by Crippen LogP contribution is 2.13. The molecular weight excluding hydrogens is 234 g/mol. The van der Waals surface area contributed by atoms with Gasteiger partial charge in [0.05, 0.1) is 5.69 Å². The smallest absolute Gasteiger partial charge is 0.0641 e. The molecule has 2 aromatic rings. The van der Waals surface area contributed by atoms with Crippen LogP contribution in [0.5, 0.6) is 0 Å². The van der Waals surface area contributed by atoms with E-state index in [-0.39, 0.29) is 0 Å². The van der Waals surface area contributed by atoms with Crippen LogP contribution in [0.3, 0.4) is 0 Å². The van der Waals surface area contributed by atoms with Crippen LogP contribution in [0.25, 0.3) is 0 Å². The number of aromatic nitrogens is 2. The lowest BCUT2D eigenvalue weighted by Gasteiger charge is -2.06. The van der Waals surface area contributed by atoms with Crippen molar-refractivity contribution in [3.8, 4) is 0 Å². The average Bonchev–Trinajstić information content (AvgIpc) is 2.68. The van der Waals surface area contributed by atoms with Crippen LogP contribution in [-0.4, -0.2) is 16.8 Å². The van der Waals surface area contributed by atoms with E-state index in [1.54, 1.807) is 0 Å². The number of nitrogens with zero attached hydrogens (tertiary/aromatic N) is 2. The van der Waals surface area contributed by atoms with Gasteiger partial charge in [-0.1, -0.05) is 30.3 Å². The van der Waals surface area contributed by atoms with E-state index in [0.29, 0.717) is 0 Å². The molecule has 3 heteroatoms. The first-order valence-corrected chi connectivity index (χ1v) is 6.93. The van der Waals surface area contributed by atoms with Crippen LogP contribution in [0.15, 0.2) is 30.3 Å². The van der Waals surface area contributed by atoms with Crippen molar-refractivity contribution in [3.63, 3.8) is 0 Å². The van der Waals surface area contributed by atoms with Gasteiger partial charge in [-0.15, -0.1) is 0 Å². The summed E-state index contributed by atoms with van der Waals surface area (Å²) in [7, 11) is 1.98. The van der Waals surface area contributed by atoms with Crippen LogP contribution < -0.4 is 5.32 Å². The predicted octanol–water partition coefficient (Wildman–Crippen LogP) is 2.85. The first-order valence-electron chi connectivity index (χ1n) is 6.93. The summed E-state index contributed by atoms with van der Waals surface area (Å²) in [5, 5.41) is 7.84. The summed E-state index contributed by atoms with van der Waals surface area (Å²) >= 11 is 0. The van der Waals surface area contributed by atoms with Crippen molar-refractivity contribution >= 4 is 0 Å². The minimum Gasteiger partial charge on any atom is -0.316 e. The second-order valence-electron chi connectivity index (χ2n) is 4.99. The van der Waals surface area contributed by atoms with E-state index in [9.17, 15) is 0 Å². The summed E-state index contributed by atoms with van der Waals surface area (Å²) < 4.78 is 2.14. The number of benzene rings is 1. The SMILES string of the molecule is CNCc1c(C)nn(CCCc2ccccc2)c1C. The van der Waals surface area contributed by atoms with Gasteiger partial charge in [-0.05, 0) is 39.3 Å². The molecule has 0 aliphatic carbocycles. The van der Waals surface area contributed by atoms with Crippen LogP contribution in [0.1, 0.15) is 28.9 Å². The summed E-state index contributed by atoms with van der Waals surface area (Å²) in [5.74, 6) is 0. The molecule has 0 bridgehead atoms. The Labute approximate surface area is 115 Å². The summed E-state index contributed by atoms with van der Waals surface area (Å²) in [6.07, 6.45) is 2.24. The number of rotatable bonds is 6. The molecule has 19 heavy (non-hydrogen) atoms. The number of aryl methyl sites for hydroxylation is 3. The molecule has 0 amide bonds. The van der Waals surface area contributed by atoms with Gasteiger partial charge >= 0.3 is 0 Å². The zero-order valence-corrected chi connectivity index (χ0v) is 12.1. The zero-order valence-electron chi connectivity index (χ0n) is 12.1. The molecule has 102 valence electrons. The van der Waals surface area contributed by atoms with E-state index in [2.05, 4.69) is 59.3 Å². The van der Waals surface area contributed by atoms with Crippen LogP contribution in [0.2, 0.25) is 0 Å². The van der Waals surface area contributed by atoms with Crippen molar-refractivity contribution in [1.82, 2.24) is 15.1 Å². The molecule has 0 saturated carbocycles. The lowest BCUT2D eigenvalue weighted by Crippen LogP contribution is -2.08. The van der Waals surface area contributed by atoms with E-state index in [1.165, 1.54) is 16.8 Å². The molecule has 0 aliphatic heterocycles. The average molecular weight is 257 g/mol. The zero-order chi connectivity index (χ0) is 13.7. The third kappa shape index (κ3) is 3.44. The van der Waals surface area contributed by atoms with Crippen LogP contribution in [0, 0.1) is 13.8 Å². The first-order chi connectivity index (χ1) is 9.22. The van der Waals surface area contributed by atoms with Gasteiger partial charge in [-0.2, -0.15) is 5.10 Å². The predicted molar refractivity (Wildman–Crippen MR) is 79.2 cm³/mol. The molecule has 2 rings (SSSR count). The van der Waals surface area contributed by atoms with Gasteiger partial charge in [-0.3, -0.25) is 4.68 Å². The standard InChI is InChI=1S/C16H23N3/c1-13-16(12-17-3)14(2)19(18-13)11-7-10-15-8-5-4-6-9-15/h4-6,8-9,17H,7,10-12H2,1-3H3. The molecule has 0 radical (unpaired) electrons. The van der Waals surface area contributed by atoms with E-state index < -0.39 is 0 Å². The fourth-order valence-electron chi connectivity index (χ4n) is 2.46. The second-order valence-corrected chi connectivity index (χ2v) is 4.99. The normalized spacial score (nSPS) is 10.9. The summed E-state index contributed by atoms with van der Waals surface area (Å²) in [5.41, 5.74) is 5.17. The maximum atomic E-state index is 4.64. The van der Waals surface area contributed by atoms with Gasteiger partial charge in [0.1, 0.15) is 0 Å². The number of hydrogen-bond acceptors (Lipinski definition) is 2. The molecule has 1 aromatic heterocycles. The van der Waals surface area contributed by atoms with E-state index in [0.717, 1.165) is 31.6 Å². The van der Waals surface area contributed by atoms with Crippen molar-refractivity contribution in [3.05, 3.63) is 52.8 Å². The molecular formula is C16H23N3. The first kappa shape index (κ1) is 13.8. The van der Waals surface area contributed by atoms with Crippen molar-refractivity contribution in [1.29, 1.82) is 0 Å². The quantitative estimate of drug-likeness (QED) is 0.862. The van der Waals surface area contributed by atoms with Crippen molar-refractivity contribution < 1.29 is 0 Å². The third-order valence-electron chi connectivity index (χ3n) is 3.56. The lowest BCUT2D eigenvalue weighted by molar-refractivity contribution is 0.561. The Balaban J connectivity index is 1.95. The highest BCUT2D eigenvalue weighted by molar-refractivity contribution is 5.24. The molecule has 0 atom stereocenters. The summed E-state index contributed by atoms with van der Waals surface area (Å²) in [4.78, 5) is 0. The minimum absolute atomic E-state index is 0.899. The highest BCUT2D eigenvalue weighted by Gasteiger charge is 2.09.